The Morgan fingerprint density at radius 2 is 1.84 bits per heavy atom. The van der Waals surface area contributed by atoms with Crippen molar-refractivity contribution in [2.45, 2.75) is 33.0 Å². The third-order valence-electron chi connectivity index (χ3n) is 5.28. The molecule has 31 heavy (non-hydrogen) atoms. The van der Waals surface area contributed by atoms with E-state index in [1.54, 1.807) is 6.92 Å². The van der Waals surface area contributed by atoms with Crippen molar-refractivity contribution in [1.82, 2.24) is 14.5 Å². The van der Waals surface area contributed by atoms with Crippen molar-refractivity contribution in [3.8, 4) is 0 Å². The molecule has 1 aromatic heterocycles. The molecule has 0 radical (unpaired) electrons. The first kappa shape index (κ1) is 20.9. The van der Waals surface area contributed by atoms with Gasteiger partial charge in [0.05, 0.1) is 11.3 Å². The molecule has 0 fully saturated rings. The summed E-state index contributed by atoms with van der Waals surface area (Å²) in [5.74, 6) is -1.72. The summed E-state index contributed by atoms with van der Waals surface area (Å²) in [6.07, 6.45) is 0.661. The Balaban J connectivity index is 1.52. The number of rotatable bonds is 5. The molecule has 2 heterocycles. The predicted octanol–water partition coefficient (Wildman–Crippen LogP) is 3.03. The van der Waals surface area contributed by atoms with Crippen LogP contribution in [0, 0.1) is 18.6 Å². The van der Waals surface area contributed by atoms with Gasteiger partial charge < -0.3 is 5.32 Å². The van der Waals surface area contributed by atoms with Gasteiger partial charge in [0.25, 0.3) is 5.56 Å². The molecule has 6 nitrogen and oxygen atoms in total. The number of nitrogens with zero attached hydrogens (tertiary/aromatic N) is 3. The molecule has 1 amide bonds. The van der Waals surface area contributed by atoms with Crippen LogP contribution in [0.1, 0.15) is 22.6 Å². The van der Waals surface area contributed by atoms with E-state index < -0.39 is 17.5 Å². The normalized spacial score (nSPS) is 13.6. The molecular weight excluding hydrogens is 402 g/mol. The lowest BCUT2D eigenvalue weighted by Gasteiger charge is -2.28. The zero-order valence-electron chi connectivity index (χ0n) is 17.1. The number of carbonyl (C=O) groups excluding carboxylic acids is 1. The fraction of sp³-hybridized carbons (Fsp3) is 0.261. The highest BCUT2D eigenvalue weighted by atomic mass is 19.1. The van der Waals surface area contributed by atoms with E-state index >= 15 is 0 Å². The molecule has 0 saturated carbocycles. The second-order valence-corrected chi connectivity index (χ2v) is 7.63. The first-order chi connectivity index (χ1) is 14.9. The molecule has 0 unspecified atom stereocenters. The van der Waals surface area contributed by atoms with Gasteiger partial charge in [0.1, 0.15) is 24.0 Å². The van der Waals surface area contributed by atoms with Crippen LogP contribution in [0.15, 0.2) is 53.3 Å². The quantitative estimate of drug-likeness (QED) is 0.684. The van der Waals surface area contributed by atoms with Crippen LogP contribution in [0.25, 0.3) is 0 Å². The van der Waals surface area contributed by atoms with Crippen LogP contribution in [-0.4, -0.2) is 26.9 Å². The second kappa shape index (κ2) is 8.77. The van der Waals surface area contributed by atoms with E-state index in [0.717, 1.165) is 42.5 Å². The van der Waals surface area contributed by atoms with Crippen LogP contribution in [0.5, 0.6) is 0 Å². The topological polar surface area (TPSA) is 67.2 Å². The maximum absolute atomic E-state index is 13.4. The number of hydrogen-bond donors (Lipinski definition) is 1. The van der Waals surface area contributed by atoms with Gasteiger partial charge in [-0.2, -0.15) is 0 Å². The molecule has 3 aromatic rings. The fourth-order valence-electron chi connectivity index (χ4n) is 3.82. The Hall–Kier alpha value is -3.39. The van der Waals surface area contributed by atoms with Crippen molar-refractivity contribution in [2.24, 2.45) is 0 Å². The van der Waals surface area contributed by atoms with E-state index in [9.17, 15) is 18.4 Å². The summed E-state index contributed by atoms with van der Waals surface area (Å²) in [6.45, 7) is 3.35. The zero-order valence-corrected chi connectivity index (χ0v) is 17.1. The minimum atomic E-state index is -0.794. The molecule has 0 atom stereocenters. The van der Waals surface area contributed by atoms with E-state index in [4.69, 9.17) is 0 Å². The molecule has 0 aliphatic carbocycles. The summed E-state index contributed by atoms with van der Waals surface area (Å²) in [5.41, 5.74) is 2.23. The minimum absolute atomic E-state index is 0.00634. The monoisotopic (exact) mass is 424 g/mol. The highest BCUT2D eigenvalue weighted by Gasteiger charge is 2.23. The van der Waals surface area contributed by atoms with Gasteiger partial charge in [0.2, 0.25) is 5.91 Å². The maximum atomic E-state index is 13.4. The van der Waals surface area contributed by atoms with E-state index in [1.165, 1.54) is 4.57 Å². The van der Waals surface area contributed by atoms with E-state index in [-0.39, 0.29) is 17.8 Å². The molecule has 1 aliphatic heterocycles. The van der Waals surface area contributed by atoms with Crippen LogP contribution >= 0.6 is 0 Å². The van der Waals surface area contributed by atoms with Gasteiger partial charge in [0.15, 0.2) is 0 Å². The molecule has 0 bridgehead atoms. The number of halogens is 2. The summed E-state index contributed by atoms with van der Waals surface area (Å²) < 4.78 is 28.0. The molecule has 8 heteroatoms. The highest BCUT2D eigenvalue weighted by Crippen LogP contribution is 2.17. The van der Waals surface area contributed by atoms with Crippen molar-refractivity contribution in [3.05, 3.63) is 93.2 Å². The number of anilines is 1. The van der Waals surface area contributed by atoms with E-state index in [0.29, 0.717) is 24.4 Å². The molecule has 160 valence electrons. The smallest absolute Gasteiger partial charge is 0.258 e. The third-order valence-corrected chi connectivity index (χ3v) is 5.28. The predicted molar refractivity (Wildman–Crippen MR) is 112 cm³/mol. The van der Waals surface area contributed by atoms with Crippen LogP contribution in [-0.2, 0) is 30.8 Å². The minimum Gasteiger partial charge on any atom is -0.324 e. The van der Waals surface area contributed by atoms with Crippen molar-refractivity contribution >= 4 is 11.6 Å². The van der Waals surface area contributed by atoms with Crippen molar-refractivity contribution < 1.29 is 13.6 Å². The van der Waals surface area contributed by atoms with Gasteiger partial charge >= 0.3 is 0 Å². The Labute approximate surface area is 178 Å². The Kier molecular flexibility index (Phi) is 5.90. The number of benzene rings is 2. The maximum Gasteiger partial charge on any atom is 0.258 e. The lowest BCUT2D eigenvalue weighted by Crippen LogP contribution is -2.39. The van der Waals surface area contributed by atoms with Crippen LogP contribution in [0.3, 0.4) is 0 Å². The molecule has 4 rings (SSSR count). The molecular formula is C23H22F2N4O2. The summed E-state index contributed by atoms with van der Waals surface area (Å²) in [5, 5.41) is 2.43. The largest absolute Gasteiger partial charge is 0.324 e. The number of aryl methyl sites for hydroxylation is 1. The van der Waals surface area contributed by atoms with Crippen molar-refractivity contribution in [1.29, 1.82) is 0 Å². The van der Waals surface area contributed by atoms with Gasteiger partial charge in [-0.3, -0.25) is 19.1 Å². The standard InChI is InChI=1S/C23H22F2N4O2/c1-15-26-21-7-8-28(12-16-5-3-2-4-6-16)13-20(21)23(31)29(15)14-22(30)27-19-10-17(24)9-18(25)11-19/h2-6,9-11H,7-8,12-14H2,1H3,(H,27,30). The number of carbonyl (C=O) groups is 1. The molecule has 1 N–H and O–H groups in total. The molecule has 1 aliphatic rings. The highest BCUT2D eigenvalue weighted by molar-refractivity contribution is 5.90. The Morgan fingerprint density at radius 3 is 2.55 bits per heavy atom. The molecule has 0 spiro atoms. The SMILES string of the molecule is Cc1nc2c(c(=O)n1CC(=O)Nc1cc(F)cc(F)c1)CN(Cc1ccccc1)CC2. The van der Waals surface area contributed by atoms with Gasteiger partial charge in [0, 0.05) is 37.8 Å². The molecule has 2 aromatic carbocycles. The first-order valence-electron chi connectivity index (χ1n) is 10.0. The number of amides is 1. The van der Waals surface area contributed by atoms with Gasteiger partial charge in [-0.25, -0.2) is 13.8 Å². The summed E-state index contributed by atoms with van der Waals surface area (Å²) in [7, 11) is 0. The average molecular weight is 424 g/mol. The van der Waals surface area contributed by atoms with E-state index in [2.05, 4.69) is 15.2 Å². The Bertz CT molecular complexity index is 1160. The average Bonchev–Trinajstić information content (AvgIpc) is 2.71. The summed E-state index contributed by atoms with van der Waals surface area (Å²) >= 11 is 0. The van der Waals surface area contributed by atoms with Gasteiger partial charge in [-0.05, 0) is 24.6 Å². The summed E-state index contributed by atoms with van der Waals surface area (Å²) in [6, 6.07) is 12.8. The summed E-state index contributed by atoms with van der Waals surface area (Å²) in [4.78, 5) is 32.3. The van der Waals surface area contributed by atoms with Crippen molar-refractivity contribution in [2.75, 3.05) is 11.9 Å². The number of aromatic nitrogens is 2. The third kappa shape index (κ3) is 4.86. The van der Waals surface area contributed by atoms with Crippen LogP contribution in [0.2, 0.25) is 0 Å². The van der Waals surface area contributed by atoms with E-state index in [1.807, 2.05) is 30.3 Å². The van der Waals surface area contributed by atoms with Crippen LogP contribution in [0.4, 0.5) is 14.5 Å². The first-order valence-corrected chi connectivity index (χ1v) is 10.0. The lowest BCUT2D eigenvalue weighted by atomic mass is 10.1. The Morgan fingerprint density at radius 1 is 1.13 bits per heavy atom. The zero-order chi connectivity index (χ0) is 22.0. The number of hydrogen-bond acceptors (Lipinski definition) is 4. The molecule has 0 saturated heterocycles. The second-order valence-electron chi connectivity index (χ2n) is 7.63. The lowest BCUT2D eigenvalue weighted by molar-refractivity contribution is -0.116. The van der Waals surface area contributed by atoms with Crippen LogP contribution < -0.4 is 10.9 Å². The number of nitrogens with one attached hydrogen (secondary N) is 1. The fourth-order valence-corrected chi connectivity index (χ4v) is 3.82. The number of fused-ring (bicyclic) bond motifs is 1. The van der Waals surface area contributed by atoms with Crippen molar-refractivity contribution in [3.63, 3.8) is 0 Å². The van der Waals surface area contributed by atoms with Gasteiger partial charge in [-0.15, -0.1) is 0 Å². The van der Waals surface area contributed by atoms with Gasteiger partial charge in [-0.1, -0.05) is 30.3 Å².